The first kappa shape index (κ1) is 12.0. The van der Waals surface area contributed by atoms with Gasteiger partial charge in [0.25, 0.3) is 0 Å². The standard InChI is InChI=1S/C14H12O4S/c15-14(16)13-12(5-6-19-13)18-8-9-7-17-11-4-2-1-3-10(9)11/h1-6,9H,7-8H2,(H,15,16). The lowest BCUT2D eigenvalue weighted by atomic mass is 10.0. The average molecular weight is 276 g/mol. The molecule has 1 unspecified atom stereocenters. The van der Waals surface area contributed by atoms with Gasteiger partial charge in [-0.3, -0.25) is 0 Å². The van der Waals surface area contributed by atoms with Crippen molar-refractivity contribution in [3.05, 3.63) is 46.2 Å². The molecule has 0 amide bonds. The molecule has 0 aliphatic carbocycles. The zero-order valence-corrected chi connectivity index (χ0v) is 10.9. The highest BCUT2D eigenvalue weighted by Gasteiger charge is 2.25. The quantitative estimate of drug-likeness (QED) is 0.932. The first-order chi connectivity index (χ1) is 9.25. The molecule has 5 heteroatoms. The van der Waals surface area contributed by atoms with Gasteiger partial charge in [-0.2, -0.15) is 0 Å². The van der Waals surface area contributed by atoms with Gasteiger partial charge in [-0.15, -0.1) is 11.3 Å². The third kappa shape index (κ3) is 2.29. The molecule has 0 fully saturated rings. The minimum absolute atomic E-state index is 0.151. The number of carboxylic acids is 1. The second-order valence-corrected chi connectivity index (χ2v) is 5.19. The molecule has 0 radical (unpaired) electrons. The van der Waals surface area contributed by atoms with E-state index in [0.29, 0.717) is 19.0 Å². The molecule has 1 atom stereocenters. The second-order valence-electron chi connectivity index (χ2n) is 4.28. The number of rotatable bonds is 4. The number of para-hydroxylation sites is 1. The maximum absolute atomic E-state index is 11.0. The molecule has 1 N–H and O–H groups in total. The highest BCUT2D eigenvalue weighted by Crippen LogP contribution is 2.34. The van der Waals surface area contributed by atoms with Crippen LogP contribution in [0.2, 0.25) is 0 Å². The van der Waals surface area contributed by atoms with Crippen LogP contribution in [0.15, 0.2) is 35.7 Å². The molecular weight excluding hydrogens is 264 g/mol. The third-order valence-corrected chi connectivity index (χ3v) is 3.95. The van der Waals surface area contributed by atoms with Crippen molar-refractivity contribution in [1.82, 2.24) is 0 Å². The summed E-state index contributed by atoms with van der Waals surface area (Å²) in [6.07, 6.45) is 0. The Morgan fingerprint density at radius 1 is 1.42 bits per heavy atom. The first-order valence-corrected chi connectivity index (χ1v) is 6.79. The Morgan fingerprint density at radius 3 is 3.11 bits per heavy atom. The van der Waals surface area contributed by atoms with Crippen LogP contribution in [0.5, 0.6) is 11.5 Å². The molecule has 0 saturated carbocycles. The van der Waals surface area contributed by atoms with Crippen molar-refractivity contribution in [3.8, 4) is 11.5 Å². The summed E-state index contributed by atoms with van der Waals surface area (Å²) in [6, 6.07) is 9.54. The molecule has 0 bridgehead atoms. The van der Waals surface area contributed by atoms with Crippen LogP contribution in [0, 0.1) is 0 Å². The van der Waals surface area contributed by atoms with Gasteiger partial charge in [-0.05, 0) is 17.5 Å². The monoisotopic (exact) mass is 276 g/mol. The SMILES string of the molecule is O=C(O)c1sccc1OCC1COc2ccccc21. The van der Waals surface area contributed by atoms with Crippen molar-refractivity contribution < 1.29 is 19.4 Å². The molecule has 1 aromatic heterocycles. The number of fused-ring (bicyclic) bond motifs is 1. The van der Waals surface area contributed by atoms with E-state index in [1.807, 2.05) is 24.3 Å². The Kier molecular flexibility index (Phi) is 3.13. The molecule has 0 saturated heterocycles. The Bertz CT molecular complexity index is 605. The van der Waals surface area contributed by atoms with Crippen molar-refractivity contribution >= 4 is 17.3 Å². The van der Waals surface area contributed by atoms with Crippen LogP contribution >= 0.6 is 11.3 Å². The van der Waals surface area contributed by atoms with Crippen molar-refractivity contribution in [2.24, 2.45) is 0 Å². The van der Waals surface area contributed by atoms with Gasteiger partial charge < -0.3 is 14.6 Å². The van der Waals surface area contributed by atoms with E-state index in [-0.39, 0.29) is 10.8 Å². The van der Waals surface area contributed by atoms with Crippen molar-refractivity contribution in [2.75, 3.05) is 13.2 Å². The highest BCUT2D eigenvalue weighted by molar-refractivity contribution is 7.12. The normalized spacial score (nSPS) is 16.7. The van der Waals surface area contributed by atoms with Gasteiger partial charge in [-0.25, -0.2) is 4.79 Å². The molecule has 1 aliphatic rings. The highest BCUT2D eigenvalue weighted by atomic mass is 32.1. The summed E-state index contributed by atoms with van der Waals surface area (Å²) in [7, 11) is 0. The molecule has 2 heterocycles. The van der Waals surface area contributed by atoms with Crippen LogP contribution in [0.1, 0.15) is 21.2 Å². The molecule has 98 valence electrons. The predicted octanol–water partition coefficient (Wildman–Crippen LogP) is 3.00. The van der Waals surface area contributed by atoms with Crippen LogP contribution < -0.4 is 9.47 Å². The number of benzene rings is 1. The smallest absolute Gasteiger partial charge is 0.349 e. The Balaban J connectivity index is 1.71. The van der Waals surface area contributed by atoms with E-state index >= 15 is 0 Å². The van der Waals surface area contributed by atoms with E-state index < -0.39 is 5.97 Å². The van der Waals surface area contributed by atoms with Gasteiger partial charge in [0.1, 0.15) is 11.5 Å². The van der Waals surface area contributed by atoms with Gasteiger partial charge in [0.15, 0.2) is 4.88 Å². The minimum Gasteiger partial charge on any atom is -0.493 e. The molecule has 1 aliphatic heterocycles. The summed E-state index contributed by atoms with van der Waals surface area (Å²) in [6.45, 7) is 1.000. The fraction of sp³-hybridized carbons (Fsp3) is 0.214. The largest absolute Gasteiger partial charge is 0.493 e. The Morgan fingerprint density at radius 2 is 2.26 bits per heavy atom. The zero-order chi connectivity index (χ0) is 13.2. The first-order valence-electron chi connectivity index (χ1n) is 5.91. The summed E-state index contributed by atoms with van der Waals surface area (Å²) >= 11 is 1.17. The molecule has 19 heavy (non-hydrogen) atoms. The number of ether oxygens (including phenoxy) is 2. The fourth-order valence-corrected chi connectivity index (χ4v) is 2.80. The van der Waals surface area contributed by atoms with Crippen molar-refractivity contribution in [3.63, 3.8) is 0 Å². The molecular formula is C14H12O4S. The van der Waals surface area contributed by atoms with Crippen LogP contribution in [-0.2, 0) is 0 Å². The van der Waals surface area contributed by atoms with Gasteiger partial charge >= 0.3 is 5.97 Å². The van der Waals surface area contributed by atoms with Crippen molar-refractivity contribution in [1.29, 1.82) is 0 Å². The van der Waals surface area contributed by atoms with Crippen LogP contribution in [-0.4, -0.2) is 24.3 Å². The summed E-state index contributed by atoms with van der Waals surface area (Å²) in [5, 5.41) is 10.7. The van der Waals surface area contributed by atoms with E-state index in [4.69, 9.17) is 14.6 Å². The minimum atomic E-state index is -0.951. The number of aromatic carboxylic acids is 1. The summed E-state index contributed by atoms with van der Waals surface area (Å²) in [5.41, 5.74) is 1.12. The Labute approximate surface area is 114 Å². The van der Waals surface area contributed by atoms with Gasteiger partial charge in [0, 0.05) is 5.56 Å². The maximum atomic E-state index is 11.0. The van der Waals surface area contributed by atoms with E-state index in [9.17, 15) is 4.79 Å². The van der Waals surface area contributed by atoms with Crippen LogP contribution in [0.4, 0.5) is 0 Å². The molecule has 3 rings (SSSR count). The number of hydrogen-bond donors (Lipinski definition) is 1. The molecule has 2 aromatic rings. The van der Waals surface area contributed by atoms with Gasteiger partial charge in [-0.1, -0.05) is 18.2 Å². The molecule has 0 spiro atoms. The predicted molar refractivity (Wildman–Crippen MR) is 71.5 cm³/mol. The lowest BCUT2D eigenvalue weighted by molar-refractivity contribution is 0.0697. The van der Waals surface area contributed by atoms with E-state index in [1.165, 1.54) is 11.3 Å². The van der Waals surface area contributed by atoms with Crippen molar-refractivity contribution in [2.45, 2.75) is 5.92 Å². The van der Waals surface area contributed by atoms with Gasteiger partial charge in [0.05, 0.1) is 19.1 Å². The summed E-state index contributed by atoms with van der Waals surface area (Å²) < 4.78 is 11.2. The topological polar surface area (TPSA) is 55.8 Å². The lowest BCUT2D eigenvalue weighted by Crippen LogP contribution is -2.12. The van der Waals surface area contributed by atoms with Gasteiger partial charge in [0.2, 0.25) is 0 Å². The Hall–Kier alpha value is -2.01. The third-order valence-electron chi connectivity index (χ3n) is 3.06. The lowest BCUT2D eigenvalue weighted by Gasteiger charge is -2.10. The fourth-order valence-electron chi connectivity index (χ4n) is 2.12. The molecule has 4 nitrogen and oxygen atoms in total. The average Bonchev–Trinajstić information content (AvgIpc) is 3.03. The number of thiophene rings is 1. The summed E-state index contributed by atoms with van der Waals surface area (Å²) in [4.78, 5) is 11.2. The van der Waals surface area contributed by atoms with E-state index in [0.717, 1.165) is 11.3 Å². The van der Waals surface area contributed by atoms with Crippen LogP contribution in [0.3, 0.4) is 0 Å². The van der Waals surface area contributed by atoms with Crippen LogP contribution in [0.25, 0.3) is 0 Å². The number of carboxylic acid groups (broad SMARTS) is 1. The van der Waals surface area contributed by atoms with E-state index in [1.54, 1.807) is 11.4 Å². The number of carbonyl (C=O) groups is 1. The second kappa shape index (κ2) is 4.93. The van der Waals surface area contributed by atoms with E-state index in [2.05, 4.69) is 0 Å². The maximum Gasteiger partial charge on any atom is 0.349 e. The summed E-state index contributed by atoms with van der Waals surface area (Å²) in [5.74, 6) is 0.521. The number of hydrogen-bond acceptors (Lipinski definition) is 4. The zero-order valence-electron chi connectivity index (χ0n) is 10.0. The molecule has 1 aromatic carbocycles.